The van der Waals surface area contributed by atoms with Crippen molar-refractivity contribution in [3.8, 4) is 11.5 Å². The Morgan fingerprint density at radius 2 is 1.71 bits per heavy atom. The summed E-state index contributed by atoms with van der Waals surface area (Å²) in [6.45, 7) is 0. The van der Waals surface area contributed by atoms with Gasteiger partial charge in [-0.25, -0.2) is 9.59 Å². The second kappa shape index (κ2) is 8.47. The summed E-state index contributed by atoms with van der Waals surface area (Å²) in [7, 11) is 2.17. The summed E-state index contributed by atoms with van der Waals surface area (Å²) < 4.78 is 53.0. The first-order valence-electron chi connectivity index (χ1n) is 7.72. The molecule has 0 bridgehead atoms. The number of alkyl halides is 3. The third-order valence-corrected chi connectivity index (χ3v) is 3.52. The molecule has 0 saturated carbocycles. The highest BCUT2D eigenvalue weighted by molar-refractivity contribution is 5.94. The number of rotatable bonds is 5. The minimum absolute atomic E-state index is 0.0128. The quantitative estimate of drug-likeness (QED) is 0.471. The Bertz CT molecular complexity index is 918. The minimum atomic E-state index is -4.57. The average molecular weight is 396 g/mol. The van der Waals surface area contributed by atoms with Crippen LogP contribution in [0.2, 0.25) is 0 Å². The number of esters is 2. The Hall–Kier alpha value is -3.49. The summed E-state index contributed by atoms with van der Waals surface area (Å²) >= 11 is 0. The molecule has 28 heavy (non-hydrogen) atoms. The lowest BCUT2D eigenvalue weighted by Gasteiger charge is -2.12. The van der Waals surface area contributed by atoms with Crippen molar-refractivity contribution in [1.29, 1.82) is 0 Å². The molecule has 0 saturated heterocycles. The molecule has 1 N–H and O–H groups in total. The Balaban J connectivity index is 2.45. The van der Waals surface area contributed by atoms with E-state index in [1.54, 1.807) is 0 Å². The van der Waals surface area contributed by atoms with Crippen LogP contribution in [0.1, 0.15) is 21.5 Å². The molecule has 0 heterocycles. The fourth-order valence-corrected chi connectivity index (χ4v) is 2.18. The first kappa shape index (κ1) is 20.8. The first-order valence-corrected chi connectivity index (χ1v) is 7.72. The van der Waals surface area contributed by atoms with Crippen LogP contribution in [0, 0.1) is 0 Å². The Morgan fingerprint density at radius 3 is 2.32 bits per heavy atom. The Morgan fingerprint density at radius 1 is 1.04 bits per heavy atom. The van der Waals surface area contributed by atoms with E-state index in [1.807, 2.05) is 0 Å². The zero-order valence-corrected chi connectivity index (χ0v) is 14.7. The number of para-hydroxylation sites is 1. The van der Waals surface area contributed by atoms with Gasteiger partial charge in [0.1, 0.15) is 5.56 Å². The van der Waals surface area contributed by atoms with E-state index in [0.29, 0.717) is 0 Å². The number of benzene rings is 2. The SMILES string of the molecule is COC(=O)/C(=C\c1cccc(C(F)(F)F)c1)Oc1cccc(C(=O)OC)c1O. The van der Waals surface area contributed by atoms with Crippen LogP contribution in [-0.4, -0.2) is 31.3 Å². The van der Waals surface area contributed by atoms with E-state index in [-0.39, 0.29) is 16.9 Å². The van der Waals surface area contributed by atoms with E-state index in [2.05, 4.69) is 9.47 Å². The molecule has 0 radical (unpaired) electrons. The fraction of sp³-hybridized carbons (Fsp3) is 0.158. The van der Waals surface area contributed by atoms with Gasteiger partial charge in [0, 0.05) is 0 Å². The average Bonchev–Trinajstić information content (AvgIpc) is 2.67. The molecule has 0 amide bonds. The molecule has 0 aliphatic rings. The van der Waals surface area contributed by atoms with E-state index < -0.39 is 35.2 Å². The largest absolute Gasteiger partial charge is 0.504 e. The highest BCUT2D eigenvalue weighted by Crippen LogP contribution is 2.33. The van der Waals surface area contributed by atoms with E-state index in [9.17, 15) is 27.9 Å². The molecule has 0 spiro atoms. The van der Waals surface area contributed by atoms with Crippen LogP contribution in [0.15, 0.2) is 48.2 Å². The molecule has 6 nitrogen and oxygen atoms in total. The molecule has 148 valence electrons. The Labute approximate surface area is 157 Å². The molecule has 0 fully saturated rings. The van der Waals surface area contributed by atoms with E-state index in [4.69, 9.17) is 4.74 Å². The molecule has 0 unspecified atom stereocenters. The van der Waals surface area contributed by atoms with Gasteiger partial charge in [-0.1, -0.05) is 18.2 Å². The molecule has 2 aromatic rings. The maximum absolute atomic E-state index is 12.9. The van der Waals surface area contributed by atoms with Gasteiger partial charge in [0.2, 0.25) is 5.76 Å². The number of halogens is 3. The minimum Gasteiger partial charge on any atom is -0.504 e. The highest BCUT2D eigenvalue weighted by atomic mass is 19.4. The van der Waals surface area contributed by atoms with Gasteiger partial charge in [0.15, 0.2) is 11.5 Å². The van der Waals surface area contributed by atoms with Crippen LogP contribution >= 0.6 is 0 Å². The summed E-state index contributed by atoms with van der Waals surface area (Å²) in [6.07, 6.45) is -3.55. The number of phenolic OH excluding ortho intramolecular Hbond substituents is 1. The van der Waals surface area contributed by atoms with Crippen molar-refractivity contribution < 1.29 is 42.1 Å². The van der Waals surface area contributed by atoms with Crippen molar-refractivity contribution in [2.45, 2.75) is 6.18 Å². The van der Waals surface area contributed by atoms with Gasteiger partial charge in [-0.15, -0.1) is 0 Å². The van der Waals surface area contributed by atoms with Crippen LogP contribution in [0.3, 0.4) is 0 Å². The topological polar surface area (TPSA) is 82.1 Å². The van der Waals surface area contributed by atoms with Crippen LogP contribution in [0.25, 0.3) is 6.08 Å². The zero-order valence-electron chi connectivity index (χ0n) is 14.7. The molecule has 0 aliphatic heterocycles. The second-order valence-corrected chi connectivity index (χ2v) is 5.37. The monoisotopic (exact) mass is 396 g/mol. The van der Waals surface area contributed by atoms with E-state index in [1.165, 1.54) is 30.3 Å². The molecule has 9 heteroatoms. The van der Waals surface area contributed by atoms with Gasteiger partial charge in [-0.2, -0.15) is 13.2 Å². The van der Waals surface area contributed by atoms with Crippen LogP contribution in [0.5, 0.6) is 11.5 Å². The van der Waals surface area contributed by atoms with Crippen molar-refractivity contribution in [3.05, 3.63) is 64.9 Å². The number of hydrogen-bond donors (Lipinski definition) is 1. The van der Waals surface area contributed by atoms with Crippen molar-refractivity contribution in [2.24, 2.45) is 0 Å². The number of carbonyl (C=O) groups is 2. The van der Waals surface area contributed by atoms with Crippen molar-refractivity contribution in [1.82, 2.24) is 0 Å². The maximum atomic E-state index is 12.9. The Kier molecular flexibility index (Phi) is 6.29. The third-order valence-electron chi connectivity index (χ3n) is 3.52. The summed E-state index contributed by atoms with van der Waals surface area (Å²) in [6, 6.07) is 8.07. The number of phenols is 1. The van der Waals surface area contributed by atoms with Crippen LogP contribution < -0.4 is 4.74 Å². The molecular formula is C19H15F3O6. The predicted molar refractivity (Wildman–Crippen MR) is 91.5 cm³/mol. The summed E-state index contributed by atoms with van der Waals surface area (Å²) in [4.78, 5) is 23.6. The van der Waals surface area contributed by atoms with Crippen molar-refractivity contribution >= 4 is 18.0 Å². The van der Waals surface area contributed by atoms with Gasteiger partial charge in [0.25, 0.3) is 0 Å². The van der Waals surface area contributed by atoms with E-state index in [0.717, 1.165) is 32.4 Å². The molecule has 0 aromatic heterocycles. The second-order valence-electron chi connectivity index (χ2n) is 5.37. The number of hydrogen-bond acceptors (Lipinski definition) is 6. The summed E-state index contributed by atoms with van der Waals surface area (Å²) in [5, 5.41) is 10.2. The predicted octanol–water partition coefficient (Wildman–Crippen LogP) is 3.79. The smallest absolute Gasteiger partial charge is 0.416 e. The number of aromatic hydroxyl groups is 1. The molecule has 2 aromatic carbocycles. The normalized spacial score (nSPS) is 11.7. The lowest BCUT2D eigenvalue weighted by Crippen LogP contribution is -2.12. The third kappa shape index (κ3) is 4.81. The maximum Gasteiger partial charge on any atom is 0.416 e. The van der Waals surface area contributed by atoms with Crippen molar-refractivity contribution in [3.63, 3.8) is 0 Å². The van der Waals surface area contributed by atoms with Crippen molar-refractivity contribution in [2.75, 3.05) is 14.2 Å². The number of carbonyl (C=O) groups excluding carboxylic acids is 2. The summed E-state index contributed by atoms with van der Waals surface area (Å²) in [5.74, 6) is -3.23. The van der Waals surface area contributed by atoms with Gasteiger partial charge < -0.3 is 19.3 Å². The van der Waals surface area contributed by atoms with Gasteiger partial charge in [-0.3, -0.25) is 0 Å². The lowest BCUT2D eigenvalue weighted by atomic mass is 10.1. The van der Waals surface area contributed by atoms with Gasteiger partial charge >= 0.3 is 18.1 Å². The fourth-order valence-electron chi connectivity index (χ4n) is 2.18. The molecule has 2 rings (SSSR count). The molecule has 0 atom stereocenters. The van der Waals surface area contributed by atoms with Gasteiger partial charge in [0.05, 0.1) is 19.8 Å². The van der Waals surface area contributed by atoms with Crippen LogP contribution in [-0.2, 0) is 20.4 Å². The lowest BCUT2D eigenvalue weighted by molar-refractivity contribution is -0.138. The number of ether oxygens (including phenoxy) is 3. The first-order chi connectivity index (χ1) is 13.2. The highest BCUT2D eigenvalue weighted by Gasteiger charge is 2.30. The van der Waals surface area contributed by atoms with Crippen LogP contribution in [0.4, 0.5) is 13.2 Å². The molecular weight excluding hydrogens is 381 g/mol. The zero-order chi connectivity index (χ0) is 20.9. The van der Waals surface area contributed by atoms with E-state index >= 15 is 0 Å². The van der Waals surface area contributed by atoms with Gasteiger partial charge in [-0.05, 0) is 35.9 Å². The summed E-state index contributed by atoms with van der Waals surface area (Å²) in [5.41, 5.74) is -1.12. The standard InChI is InChI=1S/C19H15F3O6/c1-26-17(24)13-7-4-8-14(16(13)23)28-15(18(25)27-2)10-11-5-3-6-12(9-11)19(20,21)22/h3-10,23H,1-2H3/b15-10+. The number of methoxy groups -OCH3 is 2. The molecule has 0 aliphatic carbocycles.